The van der Waals surface area contributed by atoms with Crippen LogP contribution in [-0.2, 0) is 6.42 Å². The maximum atomic E-state index is 5.96. The Morgan fingerprint density at radius 1 is 1.54 bits per heavy atom. The molecule has 0 aromatic heterocycles. The van der Waals surface area contributed by atoms with Crippen molar-refractivity contribution in [2.24, 2.45) is 5.73 Å². The van der Waals surface area contributed by atoms with Gasteiger partial charge < -0.3 is 10.5 Å². The van der Waals surface area contributed by atoms with E-state index in [-0.39, 0.29) is 6.04 Å². The molecule has 2 nitrogen and oxygen atoms in total. The first kappa shape index (κ1) is 8.57. The summed E-state index contributed by atoms with van der Waals surface area (Å²) in [6.45, 7) is 2.71. The molecule has 0 saturated heterocycles. The van der Waals surface area contributed by atoms with Crippen molar-refractivity contribution < 1.29 is 4.74 Å². The second-order valence-corrected chi connectivity index (χ2v) is 3.44. The lowest BCUT2D eigenvalue weighted by atomic mass is 10.1. The first-order valence-electron chi connectivity index (χ1n) is 4.82. The van der Waals surface area contributed by atoms with Gasteiger partial charge >= 0.3 is 0 Å². The molecular weight excluding hydrogens is 162 g/mol. The van der Waals surface area contributed by atoms with Crippen molar-refractivity contribution in [3.8, 4) is 5.75 Å². The summed E-state index contributed by atoms with van der Waals surface area (Å²) < 4.78 is 5.42. The van der Waals surface area contributed by atoms with Crippen LogP contribution in [0, 0.1) is 0 Å². The molecular formula is C11H15NO. The predicted molar refractivity (Wildman–Crippen MR) is 52.9 cm³/mol. The van der Waals surface area contributed by atoms with Gasteiger partial charge in [-0.2, -0.15) is 0 Å². The van der Waals surface area contributed by atoms with Crippen LogP contribution in [0.25, 0.3) is 0 Å². The molecule has 0 heterocycles. The second-order valence-electron chi connectivity index (χ2n) is 3.44. The first-order valence-corrected chi connectivity index (χ1v) is 4.82. The van der Waals surface area contributed by atoms with Crippen molar-refractivity contribution in [1.29, 1.82) is 0 Å². The molecule has 2 N–H and O–H groups in total. The molecule has 13 heavy (non-hydrogen) atoms. The summed E-state index contributed by atoms with van der Waals surface area (Å²) in [6.07, 6.45) is 2.19. The van der Waals surface area contributed by atoms with E-state index in [0.29, 0.717) is 6.61 Å². The number of rotatable bonds is 2. The second kappa shape index (κ2) is 3.38. The molecule has 2 heteroatoms. The van der Waals surface area contributed by atoms with Crippen LogP contribution in [0.15, 0.2) is 18.2 Å². The van der Waals surface area contributed by atoms with E-state index in [1.54, 1.807) is 0 Å². The molecule has 1 aromatic rings. The molecule has 0 fully saturated rings. The highest BCUT2D eigenvalue weighted by atomic mass is 16.5. The lowest BCUT2D eigenvalue weighted by molar-refractivity contribution is 0.339. The van der Waals surface area contributed by atoms with Crippen LogP contribution in [0.3, 0.4) is 0 Å². The maximum absolute atomic E-state index is 5.96. The van der Waals surface area contributed by atoms with Crippen molar-refractivity contribution in [2.75, 3.05) is 6.61 Å². The molecule has 0 saturated carbocycles. The minimum atomic E-state index is 0.218. The third kappa shape index (κ3) is 1.54. The summed E-state index contributed by atoms with van der Waals surface area (Å²) in [4.78, 5) is 0. The molecule has 0 aliphatic heterocycles. The van der Waals surface area contributed by atoms with E-state index in [1.807, 2.05) is 13.0 Å². The van der Waals surface area contributed by atoms with E-state index in [2.05, 4.69) is 12.1 Å². The Balaban J connectivity index is 2.31. The average Bonchev–Trinajstić information content (AvgIpc) is 2.49. The van der Waals surface area contributed by atoms with Crippen molar-refractivity contribution in [1.82, 2.24) is 0 Å². The molecule has 0 spiro atoms. The minimum Gasteiger partial charge on any atom is -0.494 e. The monoisotopic (exact) mass is 177 g/mol. The molecule has 1 atom stereocenters. The Morgan fingerprint density at radius 3 is 3.15 bits per heavy atom. The molecule has 0 amide bonds. The van der Waals surface area contributed by atoms with Gasteiger partial charge in [0.05, 0.1) is 6.61 Å². The van der Waals surface area contributed by atoms with Gasteiger partial charge in [-0.25, -0.2) is 0 Å². The number of nitrogens with two attached hydrogens (primary N) is 1. The van der Waals surface area contributed by atoms with E-state index in [1.165, 1.54) is 11.1 Å². The number of fused-ring (bicyclic) bond motifs is 1. The van der Waals surface area contributed by atoms with E-state index in [9.17, 15) is 0 Å². The molecule has 70 valence electrons. The fourth-order valence-electron chi connectivity index (χ4n) is 1.87. The van der Waals surface area contributed by atoms with Gasteiger partial charge in [0.1, 0.15) is 5.75 Å². The van der Waals surface area contributed by atoms with E-state index >= 15 is 0 Å². The molecule has 0 bridgehead atoms. The average molecular weight is 177 g/mol. The van der Waals surface area contributed by atoms with Crippen molar-refractivity contribution in [2.45, 2.75) is 25.8 Å². The molecule has 1 unspecified atom stereocenters. The fourth-order valence-corrected chi connectivity index (χ4v) is 1.87. The Bertz CT molecular complexity index is 309. The summed E-state index contributed by atoms with van der Waals surface area (Å²) in [5.74, 6) is 0.943. The van der Waals surface area contributed by atoms with Gasteiger partial charge in [-0.3, -0.25) is 0 Å². The van der Waals surface area contributed by atoms with Crippen molar-refractivity contribution >= 4 is 0 Å². The Hall–Kier alpha value is -1.02. The third-order valence-electron chi connectivity index (χ3n) is 2.55. The molecule has 2 rings (SSSR count). The Morgan fingerprint density at radius 2 is 2.38 bits per heavy atom. The largest absolute Gasteiger partial charge is 0.494 e. The first-order chi connectivity index (χ1) is 6.31. The van der Waals surface area contributed by atoms with Gasteiger partial charge in [-0.05, 0) is 43.0 Å². The van der Waals surface area contributed by atoms with Gasteiger partial charge in [0.2, 0.25) is 0 Å². The van der Waals surface area contributed by atoms with Crippen molar-refractivity contribution in [3.05, 3.63) is 29.3 Å². The maximum Gasteiger partial charge on any atom is 0.119 e. The van der Waals surface area contributed by atoms with Gasteiger partial charge in [0.15, 0.2) is 0 Å². The molecule has 1 aliphatic rings. The van der Waals surface area contributed by atoms with Crippen LogP contribution in [0.5, 0.6) is 5.75 Å². The number of benzene rings is 1. The SMILES string of the molecule is CCOc1ccc2c(c1)C(N)CC2. The number of ether oxygens (including phenoxy) is 1. The zero-order valence-corrected chi connectivity index (χ0v) is 7.92. The van der Waals surface area contributed by atoms with Gasteiger partial charge in [-0.1, -0.05) is 6.07 Å². The van der Waals surface area contributed by atoms with Gasteiger partial charge in [0, 0.05) is 6.04 Å². The van der Waals surface area contributed by atoms with E-state index in [0.717, 1.165) is 18.6 Å². The lowest BCUT2D eigenvalue weighted by Gasteiger charge is -2.08. The van der Waals surface area contributed by atoms with Crippen LogP contribution in [0.1, 0.15) is 30.5 Å². The zero-order valence-electron chi connectivity index (χ0n) is 7.92. The molecule has 0 radical (unpaired) electrons. The standard InChI is InChI=1S/C11H15NO/c1-2-13-9-5-3-8-4-6-11(12)10(8)7-9/h3,5,7,11H,2,4,6,12H2,1H3. The normalized spacial score (nSPS) is 20.0. The highest BCUT2D eigenvalue weighted by molar-refractivity contribution is 5.40. The summed E-state index contributed by atoms with van der Waals surface area (Å²) in [5, 5.41) is 0. The van der Waals surface area contributed by atoms with Gasteiger partial charge in [0.25, 0.3) is 0 Å². The van der Waals surface area contributed by atoms with Crippen LogP contribution >= 0.6 is 0 Å². The highest BCUT2D eigenvalue weighted by Gasteiger charge is 2.18. The van der Waals surface area contributed by atoms with Crippen molar-refractivity contribution in [3.63, 3.8) is 0 Å². The summed E-state index contributed by atoms with van der Waals surface area (Å²) >= 11 is 0. The smallest absolute Gasteiger partial charge is 0.119 e. The van der Waals surface area contributed by atoms with Crippen LogP contribution < -0.4 is 10.5 Å². The van der Waals surface area contributed by atoms with Gasteiger partial charge in [-0.15, -0.1) is 0 Å². The van der Waals surface area contributed by atoms with E-state index in [4.69, 9.17) is 10.5 Å². The Labute approximate surface area is 78.7 Å². The number of aryl methyl sites for hydroxylation is 1. The lowest BCUT2D eigenvalue weighted by Crippen LogP contribution is -2.05. The van der Waals surface area contributed by atoms with E-state index < -0.39 is 0 Å². The predicted octanol–water partition coefficient (Wildman–Crippen LogP) is 2.03. The summed E-state index contributed by atoms with van der Waals surface area (Å²) in [5.41, 5.74) is 8.61. The Kier molecular flexibility index (Phi) is 2.23. The summed E-state index contributed by atoms with van der Waals surface area (Å²) in [6, 6.07) is 6.46. The highest BCUT2D eigenvalue weighted by Crippen LogP contribution is 2.31. The number of hydrogen-bond donors (Lipinski definition) is 1. The molecule has 1 aromatic carbocycles. The summed E-state index contributed by atoms with van der Waals surface area (Å²) in [7, 11) is 0. The topological polar surface area (TPSA) is 35.2 Å². The minimum absolute atomic E-state index is 0.218. The van der Waals surface area contributed by atoms with Crippen LogP contribution in [0.2, 0.25) is 0 Å². The number of hydrogen-bond acceptors (Lipinski definition) is 2. The van der Waals surface area contributed by atoms with Crippen LogP contribution in [0.4, 0.5) is 0 Å². The quantitative estimate of drug-likeness (QED) is 0.750. The third-order valence-corrected chi connectivity index (χ3v) is 2.55. The zero-order chi connectivity index (χ0) is 9.26. The fraction of sp³-hybridized carbons (Fsp3) is 0.455. The van der Waals surface area contributed by atoms with Crippen LogP contribution in [-0.4, -0.2) is 6.61 Å². The molecule has 1 aliphatic carbocycles.